The summed E-state index contributed by atoms with van der Waals surface area (Å²) >= 11 is 9.37. The summed E-state index contributed by atoms with van der Waals surface area (Å²) in [7, 11) is 0. The summed E-state index contributed by atoms with van der Waals surface area (Å²) in [6.07, 6.45) is -1.79. The minimum Gasteiger partial charge on any atom is -0.491 e. The van der Waals surface area contributed by atoms with Crippen LogP contribution in [-0.4, -0.2) is 59.7 Å². The van der Waals surface area contributed by atoms with Crippen LogP contribution in [0.1, 0.15) is 11.1 Å². The molecule has 2 aromatic rings. The van der Waals surface area contributed by atoms with Gasteiger partial charge in [-0.3, -0.25) is 0 Å². The third-order valence-corrected chi connectivity index (χ3v) is 8.30. The molecule has 8 heteroatoms. The van der Waals surface area contributed by atoms with Crippen LogP contribution >= 0.6 is 35.1 Å². The predicted octanol–water partition coefficient (Wildman–Crippen LogP) is 4.06. The SMILES string of the molecule is OC(CF)COc1ccc(C2(c3ccc(OCC(O)CCl)cc3)SCCS2)cc1. The maximum atomic E-state index is 12.4. The minimum atomic E-state index is -1.10. The number of aliphatic hydroxyl groups excluding tert-OH is 2. The highest BCUT2D eigenvalue weighted by Gasteiger charge is 2.39. The second kappa shape index (κ2) is 10.8. The van der Waals surface area contributed by atoms with Crippen molar-refractivity contribution in [3.63, 3.8) is 0 Å². The normalized spacial score (nSPS) is 17.7. The van der Waals surface area contributed by atoms with E-state index in [0.717, 1.165) is 22.6 Å². The third kappa shape index (κ3) is 5.73. The zero-order valence-electron chi connectivity index (χ0n) is 15.8. The Morgan fingerprint density at radius 2 is 1.31 bits per heavy atom. The lowest BCUT2D eigenvalue weighted by Crippen LogP contribution is -2.20. The van der Waals surface area contributed by atoms with Crippen LogP contribution in [0.15, 0.2) is 48.5 Å². The van der Waals surface area contributed by atoms with Gasteiger partial charge in [-0.05, 0) is 35.4 Å². The molecule has 4 nitrogen and oxygen atoms in total. The Bertz CT molecular complexity index is 695. The number of hydrogen-bond acceptors (Lipinski definition) is 6. The van der Waals surface area contributed by atoms with E-state index in [1.165, 1.54) is 0 Å². The Labute approximate surface area is 183 Å². The molecule has 0 aromatic heterocycles. The molecule has 0 spiro atoms. The second-order valence-electron chi connectivity index (χ2n) is 6.60. The van der Waals surface area contributed by atoms with Crippen LogP contribution in [0.4, 0.5) is 4.39 Å². The van der Waals surface area contributed by atoms with Gasteiger partial charge in [0.2, 0.25) is 0 Å². The summed E-state index contributed by atoms with van der Waals surface area (Å²) < 4.78 is 23.2. The Morgan fingerprint density at radius 3 is 1.72 bits per heavy atom. The van der Waals surface area contributed by atoms with Gasteiger partial charge < -0.3 is 19.7 Å². The van der Waals surface area contributed by atoms with Crippen molar-refractivity contribution in [2.45, 2.75) is 16.3 Å². The smallest absolute Gasteiger partial charge is 0.119 e. The van der Waals surface area contributed by atoms with Crippen molar-refractivity contribution >= 4 is 35.1 Å². The van der Waals surface area contributed by atoms with Crippen LogP contribution in [0.3, 0.4) is 0 Å². The summed E-state index contributed by atoms with van der Waals surface area (Å²) in [6, 6.07) is 15.7. The molecule has 0 bridgehead atoms. The van der Waals surface area contributed by atoms with Crippen molar-refractivity contribution in [3.8, 4) is 11.5 Å². The quantitative estimate of drug-likeness (QED) is 0.524. The van der Waals surface area contributed by atoms with E-state index < -0.39 is 18.9 Å². The molecule has 1 heterocycles. The molecule has 1 aliphatic rings. The zero-order valence-corrected chi connectivity index (χ0v) is 18.2. The van der Waals surface area contributed by atoms with Crippen molar-refractivity contribution in [2.75, 3.05) is 37.3 Å². The Morgan fingerprint density at radius 1 is 0.862 bits per heavy atom. The zero-order chi connectivity index (χ0) is 20.7. The molecule has 0 aliphatic carbocycles. The molecule has 2 atom stereocenters. The molecule has 1 aliphatic heterocycles. The standard InChI is InChI=1S/C21H24ClFO4S2/c22-11-17(24)13-26-19-5-1-15(2-6-19)21(28-9-10-29-21)16-3-7-20(8-4-16)27-14-18(25)12-23/h1-8,17-18,24-25H,9-14H2. The van der Waals surface area contributed by atoms with Gasteiger partial charge in [-0.2, -0.15) is 0 Å². The maximum absolute atomic E-state index is 12.4. The molecular formula is C21H24ClFO4S2. The number of hydrogen-bond donors (Lipinski definition) is 2. The molecule has 2 N–H and O–H groups in total. The average molecular weight is 459 g/mol. The summed E-state index contributed by atoms with van der Waals surface area (Å²) in [5.74, 6) is 3.53. The van der Waals surface area contributed by atoms with E-state index in [2.05, 4.69) is 12.1 Å². The molecular weight excluding hydrogens is 435 g/mol. The molecule has 0 radical (unpaired) electrons. The topological polar surface area (TPSA) is 58.9 Å². The number of aliphatic hydroxyl groups is 2. The fourth-order valence-corrected chi connectivity index (χ4v) is 6.30. The van der Waals surface area contributed by atoms with Crippen LogP contribution in [0.5, 0.6) is 11.5 Å². The van der Waals surface area contributed by atoms with Crippen molar-refractivity contribution in [1.29, 1.82) is 0 Å². The Hall–Kier alpha value is -1.12. The molecule has 2 unspecified atom stereocenters. The molecule has 1 saturated heterocycles. The van der Waals surface area contributed by atoms with E-state index in [1.54, 1.807) is 0 Å². The van der Waals surface area contributed by atoms with E-state index in [4.69, 9.17) is 21.1 Å². The first kappa shape index (κ1) is 22.6. The largest absolute Gasteiger partial charge is 0.491 e. The summed E-state index contributed by atoms with van der Waals surface area (Å²) in [6.45, 7) is -0.723. The fourth-order valence-electron chi connectivity index (χ4n) is 2.93. The molecule has 0 amide bonds. The van der Waals surface area contributed by atoms with Crippen LogP contribution in [-0.2, 0) is 4.08 Å². The van der Waals surface area contributed by atoms with Gasteiger partial charge in [-0.25, -0.2) is 4.39 Å². The highest BCUT2D eigenvalue weighted by atomic mass is 35.5. The monoisotopic (exact) mass is 458 g/mol. The summed E-state index contributed by atoms with van der Waals surface area (Å²) in [5.41, 5.74) is 2.31. The Balaban J connectivity index is 1.74. The maximum Gasteiger partial charge on any atom is 0.119 e. The van der Waals surface area contributed by atoms with E-state index in [0.29, 0.717) is 11.5 Å². The van der Waals surface area contributed by atoms with Gasteiger partial charge in [0, 0.05) is 11.5 Å². The first-order chi connectivity index (χ1) is 14.1. The highest BCUT2D eigenvalue weighted by molar-refractivity contribution is 8.20. The van der Waals surface area contributed by atoms with Crippen LogP contribution < -0.4 is 9.47 Å². The number of halogens is 2. The number of benzene rings is 2. The van der Waals surface area contributed by atoms with Crippen molar-refractivity contribution in [2.24, 2.45) is 0 Å². The molecule has 2 aromatic carbocycles. The Kier molecular flexibility index (Phi) is 8.38. The fraction of sp³-hybridized carbons (Fsp3) is 0.429. The van der Waals surface area contributed by atoms with Crippen LogP contribution in [0.2, 0.25) is 0 Å². The van der Waals surface area contributed by atoms with E-state index in [-0.39, 0.29) is 23.2 Å². The van der Waals surface area contributed by atoms with Crippen molar-refractivity contribution in [3.05, 3.63) is 59.7 Å². The lowest BCUT2D eigenvalue weighted by atomic mass is 10.0. The van der Waals surface area contributed by atoms with Crippen molar-refractivity contribution in [1.82, 2.24) is 0 Å². The molecule has 3 rings (SSSR count). The summed E-state index contributed by atoms with van der Waals surface area (Å²) in [4.78, 5) is 0. The van der Waals surface area contributed by atoms with Gasteiger partial charge in [0.25, 0.3) is 0 Å². The number of thioether (sulfide) groups is 2. The lowest BCUT2D eigenvalue weighted by Gasteiger charge is -2.29. The summed E-state index contributed by atoms with van der Waals surface area (Å²) in [5, 5.41) is 18.8. The molecule has 0 saturated carbocycles. The van der Waals surface area contributed by atoms with Crippen LogP contribution in [0.25, 0.3) is 0 Å². The highest BCUT2D eigenvalue weighted by Crippen LogP contribution is 2.56. The van der Waals surface area contributed by atoms with Gasteiger partial charge in [-0.1, -0.05) is 24.3 Å². The lowest BCUT2D eigenvalue weighted by molar-refractivity contribution is 0.0842. The van der Waals surface area contributed by atoms with Crippen molar-refractivity contribution < 1.29 is 24.1 Å². The number of alkyl halides is 2. The average Bonchev–Trinajstić information content (AvgIpc) is 3.27. The molecule has 158 valence electrons. The first-order valence-corrected chi connectivity index (χ1v) is 11.8. The van der Waals surface area contributed by atoms with E-state index >= 15 is 0 Å². The minimum absolute atomic E-state index is 0.0651. The van der Waals surface area contributed by atoms with Gasteiger partial charge in [0.1, 0.15) is 47.7 Å². The third-order valence-electron chi connectivity index (χ3n) is 4.40. The predicted molar refractivity (Wildman–Crippen MR) is 118 cm³/mol. The van der Waals surface area contributed by atoms with E-state index in [9.17, 15) is 14.6 Å². The molecule has 29 heavy (non-hydrogen) atoms. The first-order valence-electron chi connectivity index (χ1n) is 9.30. The number of ether oxygens (including phenoxy) is 2. The van der Waals surface area contributed by atoms with E-state index in [1.807, 2.05) is 59.9 Å². The number of rotatable bonds is 10. The molecule has 1 fully saturated rings. The van der Waals surface area contributed by atoms with Gasteiger partial charge in [-0.15, -0.1) is 35.1 Å². The van der Waals surface area contributed by atoms with Gasteiger partial charge >= 0.3 is 0 Å². The van der Waals surface area contributed by atoms with Gasteiger partial charge in [0.05, 0.1) is 5.88 Å². The second-order valence-corrected chi connectivity index (χ2v) is 9.79. The van der Waals surface area contributed by atoms with Gasteiger partial charge in [0.15, 0.2) is 0 Å². The van der Waals surface area contributed by atoms with Crippen LogP contribution in [0, 0.1) is 0 Å².